The first-order valence-electron chi connectivity index (χ1n) is 9.49. The Bertz CT molecular complexity index is 1100. The Morgan fingerprint density at radius 1 is 0.741 bits per heavy atom. The standard InChI is InChI=1S/C24H21NO2/c1-2-3-12-25-21-15-17(23-6-4-13-26-23)8-10-19(21)20-11-9-18(16-22(20)25)24-7-5-14-27-24/h4-11,13-16H,2-3,12H2,1H3. The van der Waals surface area contributed by atoms with E-state index < -0.39 is 0 Å². The molecule has 0 amide bonds. The van der Waals surface area contributed by atoms with E-state index in [1.807, 2.05) is 24.3 Å². The monoisotopic (exact) mass is 355 g/mol. The van der Waals surface area contributed by atoms with Gasteiger partial charge in [-0.05, 0) is 42.8 Å². The number of hydrogen-bond donors (Lipinski definition) is 0. The highest BCUT2D eigenvalue weighted by molar-refractivity contribution is 6.09. The maximum absolute atomic E-state index is 5.61. The fraction of sp³-hybridized carbons (Fsp3) is 0.167. The van der Waals surface area contributed by atoms with Crippen molar-refractivity contribution in [3.8, 4) is 22.6 Å². The fourth-order valence-electron chi connectivity index (χ4n) is 3.84. The summed E-state index contributed by atoms with van der Waals surface area (Å²) in [6.07, 6.45) is 5.76. The zero-order valence-corrected chi connectivity index (χ0v) is 15.3. The third kappa shape index (κ3) is 2.67. The van der Waals surface area contributed by atoms with Gasteiger partial charge in [0.1, 0.15) is 11.5 Å². The summed E-state index contributed by atoms with van der Waals surface area (Å²) >= 11 is 0. The topological polar surface area (TPSA) is 31.2 Å². The van der Waals surface area contributed by atoms with Crippen LogP contribution in [0.15, 0.2) is 82.0 Å². The highest BCUT2D eigenvalue weighted by Crippen LogP contribution is 2.35. The second-order valence-electron chi connectivity index (χ2n) is 6.92. The molecule has 3 nitrogen and oxygen atoms in total. The van der Waals surface area contributed by atoms with Crippen molar-refractivity contribution in [1.82, 2.24) is 4.57 Å². The van der Waals surface area contributed by atoms with E-state index in [9.17, 15) is 0 Å². The molecule has 134 valence electrons. The molecule has 0 spiro atoms. The first-order chi connectivity index (χ1) is 13.3. The fourth-order valence-corrected chi connectivity index (χ4v) is 3.84. The zero-order valence-electron chi connectivity index (χ0n) is 15.3. The van der Waals surface area contributed by atoms with Crippen molar-refractivity contribution in [1.29, 1.82) is 0 Å². The Hall–Kier alpha value is -3.20. The van der Waals surface area contributed by atoms with Crippen LogP contribution >= 0.6 is 0 Å². The second-order valence-corrected chi connectivity index (χ2v) is 6.92. The molecule has 0 atom stereocenters. The van der Waals surface area contributed by atoms with Crippen molar-refractivity contribution in [3.05, 3.63) is 73.2 Å². The lowest BCUT2D eigenvalue weighted by atomic mass is 10.1. The Kier molecular flexibility index (Phi) is 3.86. The van der Waals surface area contributed by atoms with Gasteiger partial charge in [-0.15, -0.1) is 0 Å². The van der Waals surface area contributed by atoms with Crippen LogP contribution in [-0.4, -0.2) is 4.57 Å². The van der Waals surface area contributed by atoms with Gasteiger partial charge in [0.05, 0.1) is 12.5 Å². The van der Waals surface area contributed by atoms with Crippen LogP contribution in [0.3, 0.4) is 0 Å². The Morgan fingerprint density at radius 3 is 1.74 bits per heavy atom. The summed E-state index contributed by atoms with van der Waals surface area (Å²) < 4.78 is 13.7. The van der Waals surface area contributed by atoms with Crippen LogP contribution < -0.4 is 0 Å². The Balaban J connectivity index is 1.76. The Morgan fingerprint density at radius 2 is 1.30 bits per heavy atom. The summed E-state index contributed by atoms with van der Waals surface area (Å²) in [5, 5.41) is 2.56. The average Bonchev–Trinajstić information content (AvgIpc) is 3.46. The number of aromatic nitrogens is 1. The van der Waals surface area contributed by atoms with Crippen molar-refractivity contribution >= 4 is 21.8 Å². The smallest absolute Gasteiger partial charge is 0.133 e. The van der Waals surface area contributed by atoms with Gasteiger partial charge in [-0.1, -0.05) is 37.6 Å². The minimum Gasteiger partial charge on any atom is -0.464 e. The number of nitrogens with zero attached hydrogens (tertiary/aromatic N) is 1. The molecule has 3 aromatic heterocycles. The molecule has 27 heavy (non-hydrogen) atoms. The lowest BCUT2D eigenvalue weighted by molar-refractivity contribution is 0.582. The van der Waals surface area contributed by atoms with Crippen LogP contribution in [0.2, 0.25) is 0 Å². The summed E-state index contributed by atoms with van der Waals surface area (Å²) in [6, 6.07) is 21.1. The van der Waals surface area contributed by atoms with Gasteiger partial charge in [0.15, 0.2) is 0 Å². The van der Waals surface area contributed by atoms with E-state index in [4.69, 9.17) is 8.83 Å². The number of hydrogen-bond acceptors (Lipinski definition) is 2. The maximum atomic E-state index is 5.61. The van der Waals surface area contributed by atoms with E-state index in [0.717, 1.165) is 42.0 Å². The largest absolute Gasteiger partial charge is 0.464 e. The molecule has 5 aromatic rings. The molecule has 0 saturated heterocycles. The third-order valence-corrected chi connectivity index (χ3v) is 5.21. The molecule has 0 aliphatic heterocycles. The van der Waals surface area contributed by atoms with E-state index >= 15 is 0 Å². The summed E-state index contributed by atoms with van der Waals surface area (Å²) in [6.45, 7) is 3.23. The second kappa shape index (κ2) is 6.51. The van der Waals surface area contributed by atoms with Crippen LogP contribution in [0, 0.1) is 0 Å². The molecule has 0 N–H and O–H groups in total. The zero-order chi connectivity index (χ0) is 18.2. The number of unbranched alkanes of at least 4 members (excludes halogenated alkanes) is 1. The quantitative estimate of drug-likeness (QED) is 0.336. The molecule has 0 aliphatic rings. The number of benzene rings is 2. The maximum Gasteiger partial charge on any atom is 0.133 e. The molecule has 0 bridgehead atoms. The third-order valence-electron chi connectivity index (χ3n) is 5.21. The van der Waals surface area contributed by atoms with E-state index in [2.05, 4.69) is 47.9 Å². The van der Waals surface area contributed by atoms with E-state index in [-0.39, 0.29) is 0 Å². The predicted molar refractivity (Wildman–Crippen MR) is 110 cm³/mol. The molecule has 0 unspecified atom stereocenters. The van der Waals surface area contributed by atoms with Gasteiger partial charge in [-0.25, -0.2) is 0 Å². The van der Waals surface area contributed by atoms with Gasteiger partial charge < -0.3 is 13.4 Å². The van der Waals surface area contributed by atoms with Gasteiger partial charge in [-0.3, -0.25) is 0 Å². The van der Waals surface area contributed by atoms with Gasteiger partial charge in [-0.2, -0.15) is 0 Å². The number of fused-ring (bicyclic) bond motifs is 3. The molecular formula is C24H21NO2. The lowest BCUT2D eigenvalue weighted by Crippen LogP contribution is -1.97. The minimum absolute atomic E-state index is 0.903. The molecule has 3 heterocycles. The average molecular weight is 355 g/mol. The molecule has 3 heteroatoms. The molecule has 0 fully saturated rings. The first-order valence-corrected chi connectivity index (χ1v) is 9.49. The highest BCUT2D eigenvalue weighted by Gasteiger charge is 2.14. The Labute approximate surface area is 157 Å². The summed E-state index contributed by atoms with van der Waals surface area (Å²) in [7, 11) is 0. The van der Waals surface area contributed by atoms with Crippen LogP contribution in [0.1, 0.15) is 19.8 Å². The van der Waals surface area contributed by atoms with Crippen molar-refractivity contribution in [2.24, 2.45) is 0 Å². The van der Waals surface area contributed by atoms with Crippen LogP contribution in [-0.2, 0) is 6.54 Å². The van der Waals surface area contributed by atoms with Crippen LogP contribution in [0.4, 0.5) is 0 Å². The summed E-state index contributed by atoms with van der Waals surface area (Å²) in [5.41, 5.74) is 4.73. The van der Waals surface area contributed by atoms with Crippen LogP contribution in [0.5, 0.6) is 0 Å². The first kappa shape index (κ1) is 16.0. The van der Waals surface area contributed by atoms with Gasteiger partial charge in [0, 0.05) is 39.5 Å². The molecule has 5 rings (SSSR count). The van der Waals surface area contributed by atoms with Crippen LogP contribution in [0.25, 0.3) is 44.5 Å². The lowest BCUT2D eigenvalue weighted by Gasteiger charge is -2.08. The summed E-state index contributed by atoms with van der Waals surface area (Å²) in [4.78, 5) is 0. The number of aryl methyl sites for hydroxylation is 1. The van der Waals surface area contributed by atoms with Crippen molar-refractivity contribution < 1.29 is 8.83 Å². The van der Waals surface area contributed by atoms with E-state index in [1.165, 1.54) is 21.8 Å². The van der Waals surface area contributed by atoms with Crippen molar-refractivity contribution in [2.75, 3.05) is 0 Å². The van der Waals surface area contributed by atoms with E-state index in [1.54, 1.807) is 12.5 Å². The minimum atomic E-state index is 0.903. The predicted octanol–water partition coefficient (Wildman–Crippen LogP) is 7.11. The van der Waals surface area contributed by atoms with Gasteiger partial charge >= 0.3 is 0 Å². The van der Waals surface area contributed by atoms with E-state index in [0.29, 0.717) is 0 Å². The number of rotatable bonds is 5. The molecule has 0 radical (unpaired) electrons. The molecule has 0 aliphatic carbocycles. The van der Waals surface area contributed by atoms with Gasteiger partial charge in [0.2, 0.25) is 0 Å². The molecule has 2 aromatic carbocycles. The highest BCUT2D eigenvalue weighted by atomic mass is 16.3. The van der Waals surface area contributed by atoms with Gasteiger partial charge in [0.25, 0.3) is 0 Å². The summed E-state index contributed by atoms with van der Waals surface area (Å²) in [5.74, 6) is 1.81. The SMILES string of the molecule is CCCCn1c2cc(-c3ccco3)ccc2c2ccc(-c3ccco3)cc21. The number of furan rings is 2. The molecule has 0 saturated carbocycles. The molecular weight excluding hydrogens is 334 g/mol. The van der Waals surface area contributed by atoms with Crippen molar-refractivity contribution in [2.45, 2.75) is 26.3 Å². The normalized spacial score (nSPS) is 11.6. The van der Waals surface area contributed by atoms with Crippen molar-refractivity contribution in [3.63, 3.8) is 0 Å².